The Bertz CT molecular complexity index is 334. The van der Waals surface area contributed by atoms with E-state index >= 15 is 0 Å². The van der Waals surface area contributed by atoms with Crippen LogP contribution in [0.15, 0.2) is 12.1 Å². The van der Waals surface area contributed by atoms with E-state index in [4.69, 9.17) is 5.41 Å². The van der Waals surface area contributed by atoms with E-state index in [2.05, 4.69) is 0 Å². The number of aryl methyl sites for hydroxylation is 1. The lowest BCUT2D eigenvalue weighted by Crippen LogP contribution is -1.95. The molecule has 12 heavy (non-hydrogen) atoms. The largest absolute Gasteiger partial charge is 0.507 e. The Morgan fingerprint density at radius 2 is 2.08 bits per heavy atom. The van der Waals surface area contributed by atoms with Gasteiger partial charge in [-0.1, -0.05) is 0 Å². The van der Waals surface area contributed by atoms with Crippen molar-refractivity contribution < 1.29 is 9.50 Å². The van der Waals surface area contributed by atoms with Crippen LogP contribution in [0.2, 0.25) is 0 Å². The van der Waals surface area contributed by atoms with E-state index < -0.39 is 5.82 Å². The van der Waals surface area contributed by atoms with Crippen LogP contribution in [-0.2, 0) is 0 Å². The number of phenols is 1. The molecular weight excluding hydrogens is 157 g/mol. The molecule has 3 heteroatoms. The smallest absolute Gasteiger partial charge is 0.129 e. The first-order valence-corrected chi connectivity index (χ1v) is 3.57. The maximum atomic E-state index is 12.8. The van der Waals surface area contributed by atoms with E-state index in [-0.39, 0.29) is 11.5 Å². The summed E-state index contributed by atoms with van der Waals surface area (Å²) in [5.74, 6) is -0.622. The molecule has 0 aliphatic rings. The maximum absolute atomic E-state index is 12.8. The first-order chi connectivity index (χ1) is 5.52. The van der Waals surface area contributed by atoms with Crippen LogP contribution in [0, 0.1) is 18.2 Å². The predicted octanol–water partition coefficient (Wildman–Crippen LogP) is 2.23. The van der Waals surface area contributed by atoms with Gasteiger partial charge in [0.1, 0.15) is 11.6 Å². The third-order valence-electron chi connectivity index (χ3n) is 1.68. The van der Waals surface area contributed by atoms with E-state index in [1.165, 1.54) is 6.07 Å². The summed E-state index contributed by atoms with van der Waals surface area (Å²) in [5.41, 5.74) is 1.05. The van der Waals surface area contributed by atoms with Crippen LogP contribution in [0.4, 0.5) is 4.39 Å². The molecule has 0 aromatic heterocycles. The number of hydrogen-bond donors (Lipinski definition) is 2. The summed E-state index contributed by atoms with van der Waals surface area (Å²) < 4.78 is 12.8. The Morgan fingerprint density at radius 1 is 1.50 bits per heavy atom. The molecule has 0 unspecified atom stereocenters. The predicted molar refractivity (Wildman–Crippen MR) is 45.3 cm³/mol. The highest BCUT2D eigenvalue weighted by molar-refractivity contribution is 5.98. The van der Waals surface area contributed by atoms with E-state index in [9.17, 15) is 9.50 Å². The fourth-order valence-corrected chi connectivity index (χ4v) is 0.971. The van der Waals surface area contributed by atoms with Gasteiger partial charge in [-0.25, -0.2) is 4.39 Å². The number of halogens is 1. The Balaban J connectivity index is 3.33. The lowest BCUT2D eigenvalue weighted by atomic mass is 10.1. The van der Waals surface area contributed by atoms with Crippen LogP contribution < -0.4 is 0 Å². The lowest BCUT2D eigenvalue weighted by molar-refractivity contribution is 0.467. The molecule has 0 aliphatic heterocycles. The van der Waals surface area contributed by atoms with Gasteiger partial charge in [-0.2, -0.15) is 0 Å². The molecule has 0 fully saturated rings. The van der Waals surface area contributed by atoms with Gasteiger partial charge in [0.15, 0.2) is 0 Å². The van der Waals surface area contributed by atoms with Crippen LogP contribution in [0.25, 0.3) is 0 Å². The monoisotopic (exact) mass is 167 g/mol. The van der Waals surface area contributed by atoms with Crippen molar-refractivity contribution in [3.8, 4) is 5.75 Å². The summed E-state index contributed by atoms with van der Waals surface area (Å²) in [4.78, 5) is 0. The summed E-state index contributed by atoms with van der Waals surface area (Å²) >= 11 is 0. The highest BCUT2D eigenvalue weighted by atomic mass is 19.1. The normalized spacial score (nSPS) is 9.92. The Kier molecular flexibility index (Phi) is 2.13. The Morgan fingerprint density at radius 3 is 2.58 bits per heavy atom. The van der Waals surface area contributed by atoms with Gasteiger partial charge < -0.3 is 10.5 Å². The third-order valence-corrected chi connectivity index (χ3v) is 1.68. The van der Waals surface area contributed by atoms with Gasteiger partial charge in [0.25, 0.3) is 0 Å². The van der Waals surface area contributed by atoms with Crippen molar-refractivity contribution in [2.75, 3.05) is 0 Å². The zero-order valence-electron chi connectivity index (χ0n) is 6.98. The van der Waals surface area contributed by atoms with Crippen molar-refractivity contribution in [3.63, 3.8) is 0 Å². The number of benzene rings is 1. The molecule has 1 aromatic rings. The van der Waals surface area contributed by atoms with Gasteiger partial charge in [-0.05, 0) is 25.5 Å². The first kappa shape index (κ1) is 8.71. The zero-order valence-corrected chi connectivity index (χ0v) is 6.98. The van der Waals surface area contributed by atoms with Crippen molar-refractivity contribution in [2.24, 2.45) is 0 Å². The van der Waals surface area contributed by atoms with Crippen molar-refractivity contribution in [2.45, 2.75) is 13.8 Å². The average molecular weight is 167 g/mol. The van der Waals surface area contributed by atoms with E-state index in [0.717, 1.165) is 6.07 Å². The number of hydrogen-bond acceptors (Lipinski definition) is 2. The molecule has 64 valence electrons. The SMILES string of the molecule is CC(=N)c1cc(C)c(F)cc1O. The van der Waals surface area contributed by atoms with Gasteiger partial charge in [-0.15, -0.1) is 0 Å². The van der Waals surface area contributed by atoms with Crippen LogP contribution in [-0.4, -0.2) is 10.8 Å². The van der Waals surface area contributed by atoms with Crippen LogP contribution >= 0.6 is 0 Å². The fraction of sp³-hybridized carbons (Fsp3) is 0.222. The van der Waals surface area contributed by atoms with Crippen LogP contribution in [0.1, 0.15) is 18.1 Å². The average Bonchev–Trinajstić information content (AvgIpc) is 1.96. The molecule has 0 saturated carbocycles. The summed E-state index contributed by atoms with van der Waals surface area (Å²) in [6, 6.07) is 2.50. The molecule has 2 N–H and O–H groups in total. The van der Waals surface area contributed by atoms with Gasteiger partial charge in [-0.3, -0.25) is 0 Å². The molecule has 2 nitrogen and oxygen atoms in total. The summed E-state index contributed by atoms with van der Waals surface area (Å²) in [6.45, 7) is 3.15. The van der Waals surface area contributed by atoms with Crippen LogP contribution in [0.5, 0.6) is 5.75 Å². The zero-order chi connectivity index (χ0) is 9.30. The molecule has 0 bridgehead atoms. The van der Waals surface area contributed by atoms with Crippen LogP contribution in [0.3, 0.4) is 0 Å². The van der Waals surface area contributed by atoms with Gasteiger partial charge in [0, 0.05) is 17.3 Å². The highest BCUT2D eigenvalue weighted by Crippen LogP contribution is 2.21. The fourth-order valence-electron chi connectivity index (χ4n) is 0.971. The highest BCUT2D eigenvalue weighted by Gasteiger charge is 2.07. The third kappa shape index (κ3) is 1.44. The molecule has 0 atom stereocenters. The minimum atomic E-state index is -0.447. The lowest BCUT2D eigenvalue weighted by Gasteiger charge is -2.04. The topological polar surface area (TPSA) is 44.1 Å². The van der Waals surface area contributed by atoms with Gasteiger partial charge >= 0.3 is 0 Å². The van der Waals surface area contributed by atoms with Crippen molar-refractivity contribution >= 4 is 5.71 Å². The minimum Gasteiger partial charge on any atom is -0.507 e. The molecule has 0 amide bonds. The second-order valence-corrected chi connectivity index (χ2v) is 2.74. The molecule has 1 rings (SSSR count). The molecule has 0 saturated heterocycles. The standard InChI is InChI=1S/C9H10FNO/c1-5-3-7(6(2)11)9(12)4-8(5)10/h3-4,11-12H,1-2H3. The number of rotatable bonds is 1. The molecule has 0 spiro atoms. The van der Waals surface area contributed by atoms with Crippen molar-refractivity contribution in [1.82, 2.24) is 0 Å². The summed E-state index contributed by atoms with van der Waals surface area (Å²) in [7, 11) is 0. The van der Waals surface area contributed by atoms with Crippen molar-refractivity contribution in [3.05, 3.63) is 29.1 Å². The van der Waals surface area contributed by atoms with E-state index in [1.54, 1.807) is 13.8 Å². The maximum Gasteiger partial charge on any atom is 0.129 e. The number of aromatic hydroxyl groups is 1. The van der Waals surface area contributed by atoms with E-state index in [1.807, 2.05) is 0 Å². The number of nitrogens with one attached hydrogen (secondary N) is 1. The van der Waals surface area contributed by atoms with Gasteiger partial charge in [0.05, 0.1) is 0 Å². The minimum absolute atomic E-state index is 0.175. The summed E-state index contributed by atoms with van der Waals surface area (Å²) in [6.07, 6.45) is 0. The first-order valence-electron chi connectivity index (χ1n) is 3.57. The quantitative estimate of drug-likeness (QED) is 0.619. The molecule has 0 heterocycles. The molecule has 1 aromatic carbocycles. The molecule has 0 aliphatic carbocycles. The number of phenolic OH excluding ortho intramolecular Hbond substituents is 1. The van der Waals surface area contributed by atoms with Crippen molar-refractivity contribution in [1.29, 1.82) is 5.41 Å². The second kappa shape index (κ2) is 2.93. The molecular formula is C9H10FNO. The Labute approximate surface area is 70.2 Å². The van der Waals surface area contributed by atoms with E-state index in [0.29, 0.717) is 11.1 Å². The summed E-state index contributed by atoms with van der Waals surface area (Å²) in [5, 5.41) is 16.5. The molecule has 0 radical (unpaired) electrons. The van der Waals surface area contributed by atoms with Gasteiger partial charge in [0.2, 0.25) is 0 Å². The Hall–Kier alpha value is -1.38. The second-order valence-electron chi connectivity index (χ2n) is 2.74.